The van der Waals surface area contributed by atoms with E-state index in [-0.39, 0.29) is 15.6 Å². The number of hydrogen-bond acceptors (Lipinski definition) is 5. The fourth-order valence-corrected chi connectivity index (χ4v) is 4.70. The van der Waals surface area contributed by atoms with Gasteiger partial charge in [-0.15, -0.1) is 0 Å². The zero-order chi connectivity index (χ0) is 22.5. The zero-order valence-electron chi connectivity index (χ0n) is 16.7. The van der Waals surface area contributed by atoms with Crippen LogP contribution in [-0.4, -0.2) is 44.3 Å². The Hall–Kier alpha value is -2.49. The summed E-state index contributed by atoms with van der Waals surface area (Å²) in [6, 6.07) is 8.15. The van der Waals surface area contributed by atoms with Crippen LogP contribution in [0.3, 0.4) is 0 Å². The summed E-state index contributed by atoms with van der Waals surface area (Å²) in [6.07, 6.45) is 0. The lowest BCUT2D eigenvalue weighted by molar-refractivity contribution is -0.119. The van der Waals surface area contributed by atoms with E-state index in [0.717, 1.165) is 6.07 Å². The normalized spacial score (nSPS) is 11.4. The summed E-state index contributed by atoms with van der Waals surface area (Å²) in [4.78, 5) is 24.2. The SMILES string of the molecule is CCN(CC)S(=O)(=O)c1cc(NC(=O)COC(=O)c2c(F)cccc2Cl)ccc1C. The summed E-state index contributed by atoms with van der Waals surface area (Å²) >= 11 is 5.79. The zero-order valence-corrected chi connectivity index (χ0v) is 18.3. The van der Waals surface area contributed by atoms with Crippen LogP contribution in [-0.2, 0) is 19.6 Å². The highest BCUT2D eigenvalue weighted by atomic mass is 35.5. The molecule has 10 heteroatoms. The smallest absolute Gasteiger partial charge is 0.343 e. The van der Waals surface area contributed by atoms with Gasteiger partial charge in [-0.05, 0) is 36.8 Å². The molecule has 1 N–H and O–H groups in total. The summed E-state index contributed by atoms with van der Waals surface area (Å²) in [5, 5.41) is 2.33. The van der Waals surface area contributed by atoms with Crippen molar-refractivity contribution in [1.82, 2.24) is 4.31 Å². The first-order valence-electron chi connectivity index (χ1n) is 9.13. The predicted octanol–water partition coefficient (Wildman–Crippen LogP) is 3.61. The van der Waals surface area contributed by atoms with Gasteiger partial charge in [-0.2, -0.15) is 4.31 Å². The number of carbonyl (C=O) groups is 2. The summed E-state index contributed by atoms with van der Waals surface area (Å²) in [6.45, 7) is 5.04. The van der Waals surface area contributed by atoms with Crippen LogP contribution in [0.25, 0.3) is 0 Å². The van der Waals surface area contributed by atoms with Gasteiger partial charge in [-0.3, -0.25) is 4.79 Å². The molecule has 0 heterocycles. The maximum atomic E-state index is 13.7. The van der Waals surface area contributed by atoms with E-state index in [2.05, 4.69) is 5.32 Å². The molecule has 0 aliphatic heterocycles. The maximum absolute atomic E-state index is 13.7. The van der Waals surface area contributed by atoms with Crippen LogP contribution in [0.15, 0.2) is 41.3 Å². The van der Waals surface area contributed by atoms with Crippen LogP contribution in [0.2, 0.25) is 5.02 Å². The van der Waals surface area contributed by atoms with E-state index in [4.69, 9.17) is 16.3 Å². The van der Waals surface area contributed by atoms with Gasteiger partial charge in [-0.1, -0.05) is 37.6 Å². The van der Waals surface area contributed by atoms with Gasteiger partial charge in [0, 0.05) is 18.8 Å². The third-order valence-corrected chi connectivity index (χ3v) is 6.80. The third-order valence-electron chi connectivity index (χ3n) is 4.30. The van der Waals surface area contributed by atoms with Crippen molar-refractivity contribution in [2.24, 2.45) is 0 Å². The molecule has 0 saturated carbocycles. The second kappa shape index (κ2) is 10.0. The van der Waals surface area contributed by atoms with E-state index in [1.165, 1.54) is 28.6 Å². The molecular weight excluding hydrogens is 435 g/mol. The van der Waals surface area contributed by atoms with Crippen molar-refractivity contribution in [3.8, 4) is 0 Å². The Morgan fingerprint density at radius 3 is 2.43 bits per heavy atom. The topological polar surface area (TPSA) is 92.8 Å². The number of sulfonamides is 1. The third kappa shape index (κ3) is 5.35. The fraction of sp³-hybridized carbons (Fsp3) is 0.300. The number of rotatable bonds is 8. The molecule has 162 valence electrons. The highest BCUT2D eigenvalue weighted by molar-refractivity contribution is 7.89. The molecule has 30 heavy (non-hydrogen) atoms. The highest BCUT2D eigenvalue weighted by Crippen LogP contribution is 2.24. The summed E-state index contributed by atoms with van der Waals surface area (Å²) in [7, 11) is -3.72. The average Bonchev–Trinajstić information content (AvgIpc) is 2.68. The minimum Gasteiger partial charge on any atom is -0.452 e. The second-order valence-electron chi connectivity index (χ2n) is 6.29. The number of nitrogens with zero attached hydrogens (tertiary/aromatic N) is 1. The Labute approximate surface area is 179 Å². The number of halogens is 2. The molecule has 0 aromatic heterocycles. The fourth-order valence-electron chi connectivity index (χ4n) is 2.75. The van der Waals surface area contributed by atoms with Crippen molar-refractivity contribution in [1.29, 1.82) is 0 Å². The minimum absolute atomic E-state index is 0.0686. The van der Waals surface area contributed by atoms with Crippen molar-refractivity contribution in [2.45, 2.75) is 25.7 Å². The molecular formula is C20H22ClFN2O5S. The Morgan fingerprint density at radius 1 is 1.17 bits per heavy atom. The first kappa shape index (κ1) is 23.8. The molecule has 0 radical (unpaired) electrons. The summed E-state index contributed by atoms with van der Waals surface area (Å²) < 4.78 is 45.4. The molecule has 0 aliphatic rings. The van der Waals surface area contributed by atoms with Crippen LogP contribution < -0.4 is 5.32 Å². The molecule has 0 fully saturated rings. The standard InChI is InChI=1S/C20H22ClFN2O5S/c1-4-24(5-2)30(27,28)17-11-14(10-9-13(17)3)23-18(25)12-29-20(26)19-15(21)7-6-8-16(19)22/h6-11H,4-5,12H2,1-3H3,(H,23,25). The van der Waals surface area contributed by atoms with Crippen molar-refractivity contribution >= 4 is 39.2 Å². The molecule has 0 saturated heterocycles. The molecule has 0 atom stereocenters. The highest BCUT2D eigenvalue weighted by Gasteiger charge is 2.24. The lowest BCUT2D eigenvalue weighted by Crippen LogP contribution is -2.31. The molecule has 0 spiro atoms. The Balaban J connectivity index is 2.12. The van der Waals surface area contributed by atoms with E-state index in [1.54, 1.807) is 26.8 Å². The largest absolute Gasteiger partial charge is 0.452 e. The van der Waals surface area contributed by atoms with E-state index in [0.29, 0.717) is 18.7 Å². The monoisotopic (exact) mass is 456 g/mol. The van der Waals surface area contributed by atoms with Gasteiger partial charge in [0.25, 0.3) is 5.91 Å². The molecule has 1 amide bonds. The van der Waals surface area contributed by atoms with Gasteiger partial charge >= 0.3 is 5.97 Å². The lowest BCUT2D eigenvalue weighted by atomic mass is 10.2. The summed E-state index contributed by atoms with van der Waals surface area (Å²) in [5.74, 6) is -2.66. The van der Waals surface area contributed by atoms with E-state index in [1.807, 2.05) is 0 Å². The number of benzene rings is 2. The first-order chi connectivity index (χ1) is 14.1. The van der Waals surface area contributed by atoms with Crippen LogP contribution in [0.1, 0.15) is 29.8 Å². The van der Waals surface area contributed by atoms with Gasteiger partial charge in [0.05, 0.1) is 9.92 Å². The van der Waals surface area contributed by atoms with Crippen molar-refractivity contribution in [3.05, 3.63) is 58.4 Å². The van der Waals surface area contributed by atoms with Crippen LogP contribution in [0.4, 0.5) is 10.1 Å². The van der Waals surface area contributed by atoms with Gasteiger partial charge in [0.2, 0.25) is 10.0 Å². The lowest BCUT2D eigenvalue weighted by Gasteiger charge is -2.20. The Morgan fingerprint density at radius 2 is 1.83 bits per heavy atom. The van der Waals surface area contributed by atoms with Crippen LogP contribution >= 0.6 is 11.6 Å². The van der Waals surface area contributed by atoms with Crippen LogP contribution in [0.5, 0.6) is 0 Å². The molecule has 2 aromatic rings. The molecule has 0 aliphatic carbocycles. The van der Waals surface area contributed by atoms with Gasteiger partial charge < -0.3 is 10.1 Å². The molecule has 7 nitrogen and oxygen atoms in total. The minimum atomic E-state index is -3.72. The van der Waals surface area contributed by atoms with Crippen molar-refractivity contribution in [3.63, 3.8) is 0 Å². The molecule has 2 rings (SSSR count). The van der Waals surface area contributed by atoms with Gasteiger partial charge in [0.1, 0.15) is 11.4 Å². The van der Waals surface area contributed by atoms with E-state index < -0.39 is 39.9 Å². The van der Waals surface area contributed by atoms with Crippen molar-refractivity contribution in [2.75, 3.05) is 25.0 Å². The summed E-state index contributed by atoms with van der Waals surface area (Å²) in [5.41, 5.74) is 0.284. The Kier molecular flexibility index (Phi) is 7.94. The van der Waals surface area contributed by atoms with Crippen molar-refractivity contribution < 1.29 is 27.1 Å². The molecule has 0 unspecified atom stereocenters. The molecule has 2 aromatic carbocycles. The number of aryl methyl sites for hydroxylation is 1. The number of esters is 1. The predicted molar refractivity (Wildman–Crippen MR) is 112 cm³/mol. The van der Waals surface area contributed by atoms with Crippen LogP contribution in [0, 0.1) is 12.7 Å². The number of amides is 1. The number of ether oxygens (including phenoxy) is 1. The first-order valence-corrected chi connectivity index (χ1v) is 10.9. The number of nitrogens with one attached hydrogen (secondary N) is 1. The average molecular weight is 457 g/mol. The number of carbonyl (C=O) groups excluding carboxylic acids is 2. The van der Waals surface area contributed by atoms with E-state index in [9.17, 15) is 22.4 Å². The van der Waals surface area contributed by atoms with Gasteiger partial charge in [-0.25, -0.2) is 17.6 Å². The number of anilines is 1. The molecule has 0 bridgehead atoms. The maximum Gasteiger partial charge on any atom is 0.343 e. The van der Waals surface area contributed by atoms with Gasteiger partial charge in [0.15, 0.2) is 6.61 Å². The van der Waals surface area contributed by atoms with E-state index >= 15 is 0 Å². The Bertz CT molecular complexity index is 1030. The quantitative estimate of drug-likeness (QED) is 0.612. The second-order valence-corrected chi connectivity index (χ2v) is 8.60. The number of hydrogen-bond donors (Lipinski definition) is 1.